The highest BCUT2D eigenvalue weighted by Gasteiger charge is 2.70. The lowest BCUT2D eigenvalue weighted by molar-refractivity contribution is -0.313. The number of carbonyl (C=O) groups is 1. The number of ether oxygens (including phenoxy) is 4. The molecule has 0 aromatic rings. The van der Waals surface area contributed by atoms with Crippen molar-refractivity contribution in [3.63, 3.8) is 0 Å². The molecule has 9 nitrogen and oxygen atoms in total. The number of aliphatic hydroxyl groups excluding tert-OH is 3. The molecule has 6 rings (SSSR count). The van der Waals surface area contributed by atoms with Crippen molar-refractivity contribution in [1.29, 1.82) is 0 Å². The highest BCUT2D eigenvalue weighted by Crippen LogP contribution is 2.70. The van der Waals surface area contributed by atoms with Crippen LogP contribution in [0.1, 0.15) is 72.1 Å². The summed E-state index contributed by atoms with van der Waals surface area (Å²) in [6, 6.07) is 0. The molecular weight excluding hydrogens is 504 g/mol. The third-order valence-electron chi connectivity index (χ3n) is 12.3. The molecule has 4 saturated carbocycles. The minimum atomic E-state index is -1.06. The Kier molecular flexibility index (Phi) is 7.02. The molecule has 4 N–H and O–H groups in total. The fourth-order valence-electron chi connectivity index (χ4n) is 10.2. The molecular formula is C30H46O9. The Balaban J connectivity index is 1.17. The summed E-state index contributed by atoms with van der Waals surface area (Å²) < 4.78 is 22.7. The second kappa shape index (κ2) is 9.75. The lowest BCUT2D eigenvalue weighted by Gasteiger charge is -2.63. The summed E-state index contributed by atoms with van der Waals surface area (Å²) in [5.41, 5.74) is -0.601. The summed E-state index contributed by atoms with van der Waals surface area (Å²) in [6.45, 7) is 6.48. The van der Waals surface area contributed by atoms with Gasteiger partial charge in [0.15, 0.2) is 6.29 Å². The number of rotatable bonds is 4. The number of hydrogen-bond acceptors (Lipinski definition) is 9. The molecule has 0 unspecified atom stereocenters. The molecule has 4 aliphatic carbocycles. The molecule has 9 heteroatoms. The smallest absolute Gasteiger partial charge is 0.331 e. The predicted octanol–water partition coefficient (Wildman–Crippen LogP) is 2.08. The Morgan fingerprint density at radius 1 is 1.03 bits per heavy atom. The molecule has 0 spiro atoms. The fraction of sp³-hybridized carbons (Fsp3) is 0.900. The zero-order valence-electron chi connectivity index (χ0n) is 23.6. The maximum absolute atomic E-state index is 12.4. The molecule has 1 saturated heterocycles. The molecule has 0 bridgehead atoms. The predicted molar refractivity (Wildman–Crippen MR) is 139 cm³/mol. The van der Waals surface area contributed by atoms with Crippen LogP contribution in [-0.4, -0.2) is 88.6 Å². The lowest BCUT2D eigenvalue weighted by Crippen LogP contribution is -2.62. The summed E-state index contributed by atoms with van der Waals surface area (Å²) in [4.78, 5) is 11.8. The van der Waals surface area contributed by atoms with Gasteiger partial charge >= 0.3 is 5.97 Å². The molecule has 39 heavy (non-hydrogen) atoms. The molecule has 0 radical (unpaired) electrons. The summed E-state index contributed by atoms with van der Waals surface area (Å²) in [5.74, 6) is 0.260. The van der Waals surface area contributed by atoms with Crippen molar-refractivity contribution in [3.8, 4) is 0 Å². The van der Waals surface area contributed by atoms with Gasteiger partial charge in [0.2, 0.25) is 0 Å². The Bertz CT molecular complexity index is 1000. The molecule has 14 atom stereocenters. The van der Waals surface area contributed by atoms with Crippen molar-refractivity contribution in [2.45, 2.75) is 121 Å². The van der Waals surface area contributed by atoms with Gasteiger partial charge in [-0.1, -0.05) is 13.8 Å². The molecule has 5 fully saturated rings. The number of aliphatic hydroxyl groups is 4. The van der Waals surface area contributed by atoms with E-state index >= 15 is 0 Å². The summed E-state index contributed by atoms with van der Waals surface area (Å²) in [6.07, 6.45) is 3.40. The monoisotopic (exact) mass is 550 g/mol. The Hall–Kier alpha value is -1.07. The third-order valence-corrected chi connectivity index (χ3v) is 12.3. The number of carbonyl (C=O) groups excluding carboxylic acids is 1. The van der Waals surface area contributed by atoms with Gasteiger partial charge in [-0.25, -0.2) is 4.79 Å². The number of fused-ring (bicyclic) bond motifs is 5. The van der Waals surface area contributed by atoms with Crippen molar-refractivity contribution < 1.29 is 44.2 Å². The summed E-state index contributed by atoms with van der Waals surface area (Å²) in [5, 5.41) is 44.7. The van der Waals surface area contributed by atoms with Crippen molar-refractivity contribution in [2.75, 3.05) is 13.7 Å². The highest BCUT2D eigenvalue weighted by molar-refractivity contribution is 5.85. The van der Waals surface area contributed by atoms with Gasteiger partial charge in [0, 0.05) is 30.9 Å². The van der Waals surface area contributed by atoms with E-state index in [1.807, 2.05) is 0 Å². The van der Waals surface area contributed by atoms with Crippen LogP contribution in [0.4, 0.5) is 0 Å². The molecule has 2 aliphatic heterocycles. The van der Waals surface area contributed by atoms with Crippen LogP contribution in [0.25, 0.3) is 0 Å². The van der Waals surface area contributed by atoms with Gasteiger partial charge in [0.05, 0.1) is 23.9 Å². The van der Waals surface area contributed by atoms with E-state index in [0.29, 0.717) is 18.3 Å². The van der Waals surface area contributed by atoms with Crippen molar-refractivity contribution >= 4 is 5.97 Å². The number of methoxy groups -OCH3 is 1. The first-order valence-corrected chi connectivity index (χ1v) is 14.9. The average molecular weight is 551 g/mol. The Labute approximate surface area is 230 Å². The minimum absolute atomic E-state index is 0.0547. The van der Waals surface area contributed by atoms with E-state index < -0.39 is 47.8 Å². The van der Waals surface area contributed by atoms with Crippen LogP contribution in [0.15, 0.2) is 11.6 Å². The maximum Gasteiger partial charge on any atom is 0.331 e. The van der Waals surface area contributed by atoms with Crippen LogP contribution in [0.3, 0.4) is 0 Å². The fourth-order valence-corrected chi connectivity index (χ4v) is 10.2. The van der Waals surface area contributed by atoms with Crippen LogP contribution in [-0.2, 0) is 23.7 Å². The molecule has 0 aromatic heterocycles. The van der Waals surface area contributed by atoms with E-state index in [2.05, 4.69) is 13.8 Å². The van der Waals surface area contributed by atoms with Crippen LogP contribution < -0.4 is 0 Å². The zero-order chi connectivity index (χ0) is 27.9. The largest absolute Gasteiger partial charge is 0.458 e. The highest BCUT2D eigenvalue weighted by atomic mass is 16.7. The Morgan fingerprint density at radius 2 is 1.79 bits per heavy atom. The van der Waals surface area contributed by atoms with Gasteiger partial charge in [-0.15, -0.1) is 0 Å². The van der Waals surface area contributed by atoms with Crippen molar-refractivity contribution in [2.24, 2.45) is 34.5 Å². The van der Waals surface area contributed by atoms with Gasteiger partial charge in [-0.2, -0.15) is 0 Å². The molecule has 6 aliphatic rings. The molecule has 220 valence electrons. The number of cyclic esters (lactones) is 1. The van der Waals surface area contributed by atoms with Crippen molar-refractivity contribution in [1.82, 2.24) is 0 Å². The minimum Gasteiger partial charge on any atom is -0.458 e. The topological polar surface area (TPSA) is 135 Å². The van der Waals surface area contributed by atoms with Gasteiger partial charge in [-0.05, 0) is 80.6 Å². The average Bonchev–Trinajstić information content (AvgIpc) is 3.39. The van der Waals surface area contributed by atoms with Gasteiger partial charge in [0.1, 0.15) is 24.9 Å². The normalized spacial score (nSPS) is 55.3. The van der Waals surface area contributed by atoms with Crippen LogP contribution in [0, 0.1) is 34.5 Å². The Morgan fingerprint density at radius 3 is 2.49 bits per heavy atom. The van der Waals surface area contributed by atoms with Gasteiger partial charge < -0.3 is 39.4 Å². The van der Waals surface area contributed by atoms with E-state index in [-0.39, 0.29) is 35.9 Å². The van der Waals surface area contributed by atoms with Gasteiger partial charge in [0.25, 0.3) is 0 Å². The zero-order valence-corrected chi connectivity index (χ0v) is 23.6. The second-order valence-electron chi connectivity index (χ2n) is 13.9. The SMILES string of the molecule is CO[C@@H]1[C@@H](O)[C@H](C)O[C@@H](O[C@@H]2CC[C@@]3(C)[C@H](CC[C@@H]4[C@H]3CC[C@@]3(C)[C@H](C5=CC(=O)OC5)[C@@H](O)C[C@@]43O)C2)[C@@H]1O. The summed E-state index contributed by atoms with van der Waals surface area (Å²) in [7, 11) is 1.48. The molecule has 0 amide bonds. The van der Waals surface area contributed by atoms with Crippen LogP contribution in [0.5, 0.6) is 0 Å². The number of hydrogen-bond donors (Lipinski definition) is 4. The molecule has 0 aromatic carbocycles. The molecule has 2 heterocycles. The maximum atomic E-state index is 12.4. The van der Waals surface area contributed by atoms with Crippen molar-refractivity contribution in [3.05, 3.63) is 11.6 Å². The quantitative estimate of drug-likeness (QED) is 0.307. The first-order valence-electron chi connectivity index (χ1n) is 14.9. The van der Waals surface area contributed by atoms with Crippen LogP contribution >= 0.6 is 0 Å². The van der Waals surface area contributed by atoms with Gasteiger partial charge in [-0.3, -0.25) is 0 Å². The standard InChI is InChI=1S/C30H46O9/c1-15-24(33)26(36-4)25(34)27(38-15)39-18-7-9-28(2)17(12-18)5-6-20-19(28)8-10-29(3)23(16-11-22(32)37-14-16)21(31)13-30(20,29)35/h11,15,17-21,23-27,31,33-35H,5-10,12-14H2,1-4H3/t15-,17+,18+,19+,20+,21-,23+,24-,25+,26+,27-,28-,29-,30+/m0/s1. The van der Waals surface area contributed by atoms with E-state index in [9.17, 15) is 25.2 Å². The first kappa shape index (κ1) is 28.1. The van der Waals surface area contributed by atoms with E-state index in [4.69, 9.17) is 18.9 Å². The van der Waals surface area contributed by atoms with E-state index in [0.717, 1.165) is 50.5 Å². The second-order valence-corrected chi connectivity index (χ2v) is 13.9. The summed E-state index contributed by atoms with van der Waals surface area (Å²) >= 11 is 0. The van der Waals surface area contributed by atoms with Crippen LogP contribution in [0.2, 0.25) is 0 Å². The van der Waals surface area contributed by atoms with E-state index in [1.54, 1.807) is 6.92 Å². The lowest BCUT2D eigenvalue weighted by atomic mass is 9.43. The van der Waals surface area contributed by atoms with E-state index in [1.165, 1.54) is 13.2 Å². The third kappa shape index (κ3) is 4.09. The first-order chi connectivity index (χ1) is 18.4. The number of esters is 1.